The van der Waals surface area contributed by atoms with Crippen LogP contribution in [0.15, 0.2) is 70.5 Å². The standard InChI is InChI=1S/C13H13FS/c1-15(14,12-8-4-2-5-9-12)13-10-6-3-7-11-13/h2-11H,1H3. The maximum absolute atomic E-state index is 14.6. The van der Waals surface area contributed by atoms with E-state index in [1.54, 1.807) is 6.26 Å². The molecule has 2 rings (SSSR count). The van der Waals surface area contributed by atoms with Crippen LogP contribution >= 0.6 is 10.4 Å². The van der Waals surface area contributed by atoms with Gasteiger partial charge in [0, 0.05) is 16.0 Å². The summed E-state index contributed by atoms with van der Waals surface area (Å²) in [7, 11) is -2.34. The second-order valence-corrected chi connectivity index (χ2v) is 6.03. The zero-order valence-electron chi connectivity index (χ0n) is 8.56. The van der Waals surface area contributed by atoms with Crippen LogP contribution in [-0.4, -0.2) is 6.26 Å². The molecule has 2 aromatic carbocycles. The van der Waals surface area contributed by atoms with Crippen molar-refractivity contribution >= 4 is 10.4 Å². The second-order valence-electron chi connectivity index (χ2n) is 3.45. The molecule has 0 fully saturated rings. The Morgan fingerprint density at radius 2 is 1.07 bits per heavy atom. The van der Waals surface area contributed by atoms with Gasteiger partial charge in [0.15, 0.2) is 0 Å². The van der Waals surface area contributed by atoms with Crippen LogP contribution in [-0.2, 0) is 0 Å². The number of benzene rings is 2. The summed E-state index contributed by atoms with van der Waals surface area (Å²) in [6, 6.07) is 18.7. The average Bonchev–Trinajstić information content (AvgIpc) is 2.31. The van der Waals surface area contributed by atoms with Gasteiger partial charge in [0.1, 0.15) is 0 Å². The van der Waals surface area contributed by atoms with Gasteiger partial charge in [0.25, 0.3) is 0 Å². The highest BCUT2D eigenvalue weighted by Gasteiger charge is 2.21. The van der Waals surface area contributed by atoms with Gasteiger partial charge < -0.3 is 0 Å². The lowest BCUT2D eigenvalue weighted by atomic mass is 10.4. The lowest BCUT2D eigenvalue weighted by Gasteiger charge is -2.26. The molecule has 2 heteroatoms. The highest BCUT2D eigenvalue weighted by molar-refractivity contribution is 8.29. The van der Waals surface area contributed by atoms with Crippen LogP contribution in [0.3, 0.4) is 0 Å². The van der Waals surface area contributed by atoms with Crippen LogP contribution in [0.2, 0.25) is 0 Å². The summed E-state index contributed by atoms with van der Waals surface area (Å²) in [5.41, 5.74) is 0. The predicted octanol–water partition coefficient (Wildman–Crippen LogP) is 4.42. The molecular weight excluding hydrogens is 207 g/mol. The first kappa shape index (κ1) is 10.2. The SMILES string of the molecule is CS(F)(c1ccccc1)c1ccccc1. The van der Waals surface area contributed by atoms with Crippen LogP contribution in [0.1, 0.15) is 0 Å². The van der Waals surface area contributed by atoms with Crippen molar-refractivity contribution in [3.63, 3.8) is 0 Å². The van der Waals surface area contributed by atoms with Gasteiger partial charge in [-0.05, 0) is 34.7 Å². The van der Waals surface area contributed by atoms with E-state index in [9.17, 15) is 3.89 Å². The van der Waals surface area contributed by atoms with Crippen LogP contribution < -0.4 is 0 Å². The Morgan fingerprint density at radius 1 is 0.733 bits per heavy atom. The maximum Gasteiger partial charge on any atom is 0.0216 e. The molecule has 15 heavy (non-hydrogen) atoms. The van der Waals surface area contributed by atoms with E-state index in [2.05, 4.69) is 0 Å². The van der Waals surface area contributed by atoms with E-state index in [1.807, 2.05) is 60.7 Å². The van der Waals surface area contributed by atoms with Gasteiger partial charge in [-0.25, -0.2) is 0 Å². The monoisotopic (exact) mass is 220 g/mol. The van der Waals surface area contributed by atoms with Gasteiger partial charge in [0.05, 0.1) is 0 Å². The van der Waals surface area contributed by atoms with Gasteiger partial charge in [0.2, 0.25) is 0 Å². The van der Waals surface area contributed by atoms with Crippen LogP contribution in [0.4, 0.5) is 3.89 Å². The quantitative estimate of drug-likeness (QED) is 0.702. The fraction of sp³-hybridized carbons (Fsp3) is 0.0769. The summed E-state index contributed by atoms with van der Waals surface area (Å²) in [5, 5.41) is 0. The number of hydrogen-bond donors (Lipinski definition) is 0. The molecule has 0 spiro atoms. The minimum atomic E-state index is -2.34. The number of hydrogen-bond acceptors (Lipinski definition) is 0. The molecule has 0 unspecified atom stereocenters. The molecule has 0 aromatic heterocycles. The molecule has 0 saturated heterocycles. The van der Waals surface area contributed by atoms with E-state index in [-0.39, 0.29) is 0 Å². The van der Waals surface area contributed by atoms with Crippen LogP contribution in [0.5, 0.6) is 0 Å². The Morgan fingerprint density at radius 3 is 1.40 bits per heavy atom. The molecule has 0 atom stereocenters. The first-order chi connectivity index (χ1) is 7.21. The van der Waals surface area contributed by atoms with Crippen molar-refractivity contribution in [2.24, 2.45) is 0 Å². The third-order valence-corrected chi connectivity index (χ3v) is 4.69. The Kier molecular flexibility index (Phi) is 2.78. The van der Waals surface area contributed by atoms with E-state index in [1.165, 1.54) is 0 Å². The highest BCUT2D eigenvalue weighted by Crippen LogP contribution is 2.60. The van der Waals surface area contributed by atoms with Gasteiger partial charge in [-0.2, -0.15) is 3.89 Å². The van der Waals surface area contributed by atoms with Crippen molar-refractivity contribution in [1.29, 1.82) is 0 Å². The molecule has 0 aliphatic rings. The molecule has 2 aromatic rings. The van der Waals surface area contributed by atoms with Crippen LogP contribution in [0.25, 0.3) is 0 Å². The van der Waals surface area contributed by atoms with Crippen molar-refractivity contribution in [2.75, 3.05) is 6.26 Å². The van der Waals surface area contributed by atoms with Gasteiger partial charge >= 0.3 is 0 Å². The second kappa shape index (κ2) is 4.07. The van der Waals surface area contributed by atoms with E-state index in [4.69, 9.17) is 0 Å². The Balaban J connectivity index is 2.44. The fourth-order valence-corrected chi connectivity index (χ4v) is 3.10. The van der Waals surface area contributed by atoms with E-state index >= 15 is 0 Å². The van der Waals surface area contributed by atoms with Crippen LogP contribution in [0, 0.1) is 0 Å². The number of rotatable bonds is 2. The lowest BCUT2D eigenvalue weighted by Crippen LogP contribution is -1.92. The van der Waals surface area contributed by atoms with E-state index in [0.717, 1.165) is 9.79 Å². The van der Waals surface area contributed by atoms with Crippen molar-refractivity contribution in [3.05, 3.63) is 60.7 Å². The molecule has 0 amide bonds. The normalized spacial score (nSPS) is 12.4. The fourth-order valence-electron chi connectivity index (χ4n) is 1.49. The van der Waals surface area contributed by atoms with E-state index < -0.39 is 10.4 Å². The topological polar surface area (TPSA) is 0 Å². The Labute approximate surface area is 91.4 Å². The minimum Gasteiger partial charge on any atom is -0.180 e. The number of halogens is 1. The first-order valence-electron chi connectivity index (χ1n) is 4.79. The molecule has 0 bridgehead atoms. The zero-order chi connectivity index (χ0) is 10.7. The molecule has 0 saturated carbocycles. The lowest BCUT2D eigenvalue weighted by molar-refractivity contribution is 0.884. The largest absolute Gasteiger partial charge is 0.180 e. The van der Waals surface area contributed by atoms with Crippen molar-refractivity contribution in [2.45, 2.75) is 9.79 Å². The Bertz CT molecular complexity index is 381. The molecule has 0 radical (unpaired) electrons. The molecule has 0 nitrogen and oxygen atoms in total. The van der Waals surface area contributed by atoms with Gasteiger partial charge in [-0.3, -0.25) is 0 Å². The summed E-state index contributed by atoms with van der Waals surface area (Å²) >= 11 is 0. The maximum atomic E-state index is 14.6. The molecule has 0 N–H and O–H groups in total. The predicted molar refractivity (Wildman–Crippen MR) is 64.0 cm³/mol. The summed E-state index contributed by atoms with van der Waals surface area (Å²) in [4.78, 5) is 1.55. The van der Waals surface area contributed by atoms with Crippen molar-refractivity contribution < 1.29 is 3.89 Å². The molecule has 0 aliphatic heterocycles. The van der Waals surface area contributed by atoms with E-state index in [0.29, 0.717) is 0 Å². The average molecular weight is 220 g/mol. The summed E-state index contributed by atoms with van der Waals surface area (Å²) in [6.45, 7) is 0. The third kappa shape index (κ3) is 2.05. The third-order valence-electron chi connectivity index (χ3n) is 2.37. The minimum absolute atomic E-state index is 0.774. The molecule has 0 heterocycles. The van der Waals surface area contributed by atoms with Crippen molar-refractivity contribution in [1.82, 2.24) is 0 Å². The molecular formula is C13H13FS. The summed E-state index contributed by atoms with van der Waals surface area (Å²) in [5.74, 6) is 0. The first-order valence-corrected chi connectivity index (χ1v) is 6.73. The summed E-state index contributed by atoms with van der Waals surface area (Å²) < 4.78 is 14.6. The smallest absolute Gasteiger partial charge is 0.0216 e. The molecule has 78 valence electrons. The van der Waals surface area contributed by atoms with Crippen molar-refractivity contribution in [3.8, 4) is 0 Å². The van der Waals surface area contributed by atoms with Gasteiger partial charge in [-0.1, -0.05) is 36.4 Å². The van der Waals surface area contributed by atoms with Gasteiger partial charge in [-0.15, -0.1) is 0 Å². The Hall–Kier alpha value is -1.28. The highest BCUT2D eigenvalue weighted by atomic mass is 32.3. The summed E-state index contributed by atoms with van der Waals surface area (Å²) in [6.07, 6.45) is 1.68. The zero-order valence-corrected chi connectivity index (χ0v) is 9.38. The molecule has 0 aliphatic carbocycles.